The smallest absolute Gasteiger partial charge is 0.306 e. The largest absolute Gasteiger partial charge is 0.453 e. The van der Waals surface area contributed by atoms with Gasteiger partial charge in [-0.05, 0) is 38.3 Å². The van der Waals surface area contributed by atoms with E-state index in [1.165, 1.54) is 6.92 Å². The molecule has 6 nitrogen and oxygen atoms in total. The summed E-state index contributed by atoms with van der Waals surface area (Å²) in [5.74, 6) is -3.29. The highest BCUT2D eigenvalue weighted by Gasteiger charge is 2.27. The molecule has 1 fully saturated rings. The zero-order valence-electron chi connectivity index (χ0n) is 13.8. The third-order valence-corrected chi connectivity index (χ3v) is 3.62. The monoisotopic (exact) mass is 354 g/mol. The lowest BCUT2D eigenvalue weighted by atomic mass is 10.2. The van der Waals surface area contributed by atoms with E-state index in [1.807, 2.05) is 0 Å². The van der Waals surface area contributed by atoms with Crippen LogP contribution in [0.15, 0.2) is 18.2 Å². The van der Waals surface area contributed by atoms with Crippen molar-refractivity contribution in [3.63, 3.8) is 0 Å². The molecule has 8 heteroatoms. The molecule has 1 aliphatic rings. The number of nitrogens with one attached hydrogen (secondary N) is 2. The van der Waals surface area contributed by atoms with Crippen LogP contribution in [0, 0.1) is 11.6 Å². The van der Waals surface area contributed by atoms with E-state index in [9.17, 15) is 23.2 Å². The first-order chi connectivity index (χ1) is 11.9. The summed E-state index contributed by atoms with van der Waals surface area (Å²) in [5.41, 5.74) is -0.269. The first-order valence-electron chi connectivity index (χ1n) is 8.10. The fourth-order valence-electron chi connectivity index (χ4n) is 2.06. The first-order valence-corrected chi connectivity index (χ1v) is 8.10. The molecule has 1 unspecified atom stereocenters. The summed E-state index contributed by atoms with van der Waals surface area (Å²) in [6.45, 7) is 1.61. The Morgan fingerprint density at radius 2 is 2.00 bits per heavy atom. The van der Waals surface area contributed by atoms with Crippen LogP contribution in [0.2, 0.25) is 0 Å². The predicted octanol–water partition coefficient (Wildman–Crippen LogP) is 1.69. The van der Waals surface area contributed by atoms with Gasteiger partial charge in [-0.25, -0.2) is 8.78 Å². The van der Waals surface area contributed by atoms with Crippen LogP contribution in [0.5, 0.6) is 0 Å². The van der Waals surface area contributed by atoms with Crippen molar-refractivity contribution in [3.05, 3.63) is 35.4 Å². The van der Waals surface area contributed by atoms with E-state index < -0.39 is 29.6 Å². The summed E-state index contributed by atoms with van der Waals surface area (Å²) in [5, 5.41) is 5.17. The number of rotatable bonds is 8. The lowest BCUT2D eigenvalue weighted by Gasteiger charge is -2.13. The quantitative estimate of drug-likeness (QED) is 0.550. The fourth-order valence-corrected chi connectivity index (χ4v) is 2.06. The van der Waals surface area contributed by atoms with Crippen LogP contribution in [0.1, 0.15) is 43.0 Å². The molecule has 136 valence electrons. The van der Waals surface area contributed by atoms with Gasteiger partial charge in [-0.1, -0.05) is 0 Å². The van der Waals surface area contributed by atoms with Gasteiger partial charge in [0.15, 0.2) is 6.10 Å². The van der Waals surface area contributed by atoms with Gasteiger partial charge >= 0.3 is 5.97 Å². The molecule has 25 heavy (non-hydrogen) atoms. The van der Waals surface area contributed by atoms with Crippen molar-refractivity contribution in [1.82, 2.24) is 10.6 Å². The number of ether oxygens (including phenoxy) is 1. The van der Waals surface area contributed by atoms with Crippen molar-refractivity contribution in [3.8, 4) is 0 Å². The van der Waals surface area contributed by atoms with E-state index >= 15 is 0 Å². The second-order valence-electron chi connectivity index (χ2n) is 5.90. The predicted molar refractivity (Wildman–Crippen MR) is 84.6 cm³/mol. The van der Waals surface area contributed by atoms with Gasteiger partial charge in [-0.15, -0.1) is 0 Å². The van der Waals surface area contributed by atoms with Crippen molar-refractivity contribution in [2.24, 2.45) is 0 Å². The number of carbonyl (C=O) groups is 3. The molecule has 1 aliphatic carbocycles. The standard InChI is InChI=1S/C17H20F2N2O4/c1-10(16(23)21-12-5-6-12)25-15(22)3-2-8-20-17(24)13-7-4-11(18)9-14(13)19/h4,7,9-10,12H,2-3,5-6,8H2,1H3,(H,20,24)(H,21,23). The first kappa shape index (κ1) is 18.8. The van der Waals surface area contributed by atoms with E-state index in [1.54, 1.807) is 0 Å². The molecule has 1 atom stereocenters. The van der Waals surface area contributed by atoms with E-state index in [0.717, 1.165) is 25.0 Å². The van der Waals surface area contributed by atoms with Crippen molar-refractivity contribution in [2.45, 2.75) is 44.8 Å². The number of halogens is 2. The van der Waals surface area contributed by atoms with Gasteiger partial charge < -0.3 is 15.4 Å². The molecule has 0 bridgehead atoms. The van der Waals surface area contributed by atoms with Crippen LogP contribution in [0.3, 0.4) is 0 Å². The molecular weight excluding hydrogens is 334 g/mol. The highest BCUT2D eigenvalue weighted by atomic mass is 19.1. The second kappa shape index (κ2) is 8.55. The molecule has 0 aromatic heterocycles. The maximum atomic E-state index is 13.4. The third kappa shape index (κ3) is 6.13. The van der Waals surface area contributed by atoms with E-state index in [2.05, 4.69) is 10.6 Å². The van der Waals surface area contributed by atoms with Crippen molar-refractivity contribution >= 4 is 17.8 Å². The lowest BCUT2D eigenvalue weighted by Crippen LogP contribution is -2.37. The van der Waals surface area contributed by atoms with Crippen LogP contribution in [-0.2, 0) is 14.3 Å². The molecule has 2 amide bonds. The minimum atomic E-state index is -0.951. The minimum absolute atomic E-state index is 0.00717. The molecule has 0 saturated heterocycles. The number of hydrogen-bond donors (Lipinski definition) is 2. The molecule has 1 aromatic carbocycles. The van der Waals surface area contributed by atoms with Crippen LogP contribution in [-0.4, -0.2) is 36.5 Å². The second-order valence-corrected chi connectivity index (χ2v) is 5.90. The molecule has 0 heterocycles. The summed E-state index contributed by atoms with van der Waals surface area (Å²) < 4.78 is 31.2. The van der Waals surface area contributed by atoms with Crippen molar-refractivity contribution < 1.29 is 27.9 Å². The van der Waals surface area contributed by atoms with Crippen LogP contribution in [0.4, 0.5) is 8.78 Å². The van der Waals surface area contributed by atoms with Gasteiger partial charge in [0.1, 0.15) is 11.6 Å². The van der Waals surface area contributed by atoms with Gasteiger partial charge in [0.05, 0.1) is 5.56 Å². The van der Waals surface area contributed by atoms with Crippen LogP contribution in [0.25, 0.3) is 0 Å². The van der Waals surface area contributed by atoms with Crippen LogP contribution < -0.4 is 10.6 Å². The number of hydrogen-bond acceptors (Lipinski definition) is 4. The van der Waals surface area contributed by atoms with Gasteiger partial charge in [0.25, 0.3) is 11.8 Å². The van der Waals surface area contributed by atoms with Gasteiger partial charge in [0, 0.05) is 25.1 Å². The van der Waals surface area contributed by atoms with Crippen LogP contribution >= 0.6 is 0 Å². The molecule has 2 N–H and O–H groups in total. The Morgan fingerprint density at radius 1 is 1.28 bits per heavy atom. The Hall–Kier alpha value is -2.51. The zero-order chi connectivity index (χ0) is 18.4. The van der Waals surface area contributed by atoms with Crippen molar-refractivity contribution in [2.75, 3.05) is 6.54 Å². The molecule has 0 radical (unpaired) electrons. The lowest BCUT2D eigenvalue weighted by molar-refractivity contribution is -0.154. The SMILES string of the molecule is CC(OC(=O)CCCNC(=O)c1ccc(F)cc1F)C(=O)NC1CC1. The van der Waals surface area contributed by atoms with Crippen molar-refractivity contribution in [1.29, 1.82) is 0 Å². The van der Waals surface area contributed by atoms with Gasteiger partial charge in [0.2, 0.25) is 0 Å². The summed E-state index contributed by atoms with van der Waals surface area (Å²) >= 11 is 0. The highest BCUT2D eigenvalue weighted by molar-refractivity contribution is 5.94. The number of amides is 2. The third-order valence-electron chi connectivity index (χ3n) is 3.62. The summed E-state index contributed by atoms with van der Waals surface area (Å²) in [4.78, 5) is 35.1. The number of carbonyl (C=O) groups excluding carboxylic acids is 3. The van der Waals surface area contributed by atoms with E-state index in [0.29, 0.717) is 6.07 Å². The van der Waals surface area contributed by atoms with E-state index in [-0.39, 0.29) is 36.9 Å². The molecule has 0 aliphatic heterocycles. The number of benzene rings is 1. The molecule has 2 rings (SSSR count). The average Bonchev–Trinajstić information content (AvgIpc) is 3.35. The Balaban J connectivity index is 1.65. The summed E-state index contributed by atoms with van der Waals surface area (Å²) in [7, 11) is 0. The van der Waals surface area contributed by atoms with Gasteiger partial charge in [-0.3, -0.25) is 14.4 Å². The summed E-state index contributed by atoms with van der Waals surface area (Å²) in [6, 6.07) is 2.86. The fraction of sp³-hybridized carbons (Fsp3) is 0.471. The van der Waals surface area contributed by atoms with Gasteiger partial charge in [-0.2, -0.15) is 0 Å². The topological polar surface area (TPSA) is 84.5 Å². The number of esters is 1. The zero-order valence-corrected chi connectivity index (χ0v) is 13.8. The maximum absolute atomic E-state index is 13.4. The van der Waals surface area contributed by atoms with E-state index in [4.69, 9.17) is 4.74 Å². The Labute approximate surface area is 143 Å². The molecule has 1 saturated carbocycles. The normalized spacial score (nSPS) is 14.5. The molecule has 1 aromatic rings. The Morgan fingerprint density at radius 3 is 2.64 bits per heavy atom. The molecule has 0 spiro atoms. The highest BCUT2D eigenvalue weighted by Crippen LogP contribution is 2.18. The summed E-state index contributed by atoms with van der Waals surface area (Å²) in [6.07, 6.45) is 1.30. The Kier molecular flexibility index (Phi) is 6.44. The average molecular weight is 354 g/mol. The maximum Gasteiger partial charge on any atom is 0.306 e. The Bertz CT molecular complexity index is 662. The minimum Gasteiger partial charge on any atom is -0.453 e. The molecular formula is C17H20F2N2O4.